The van der Waals surface area contributed by atoms with Crippen molar-refractivity contribution < 1.29 is 40.4 Å². The SMILES string of the molecule is CC(C)(C)OC(=O)C1C2CN(c3c(F)cc(N4CC(COS(C)(=O)=O)OC4=O)cc3F)CC21. The Morgan fingerprint density at radius 2 is 1.73 bits per heavy atom. The number of carbonyl (C=O) groups is 2. The van der Waals surface area contributed by atoms with E-state index in [-0.39, 0.29) is 48.2 Å². The van der Waals surface area contributed by atoms with Crippen LogP contribution in [0.25, 0.3) is 0 Å². The van der Waals surface area contributed by atoms with Crippen molar-refractivity contribution in [3.05, 3.63) is 23.8 Å². The molecule has 1 saturated carbocycles. The summed E-state index contributed by atoms with van der Waals surface area (Å²) in [4.78, 5) is 27.0. The fourth-order valence-corrected chi connectivity index (χ4v) is 4.86. The smallest absolute Gasteiger partial charge is 0.414 e. The molecule has 3 unspecified atom stereocenters. The quantitative estimate of drug-likeness (QED) is 0.444. The molecular weight excluding hydrogens is 462 g/mol. The number of ether oxygens (including phenoxy) is 2. The van der Waals surface area contributed by atoms with Crippen molar-refractivity contribution in [2.45, 2.75) is 32.5 Å². The first kappa shape index (κ1) is 23.7. The lowest BCUT2D eigenvalue weighted by Crippen LogP contribution is -2.31. The minimum Gasteiger partial charge on any atom is -0.460 e. The van der Waals surface area contributed by atoms with E-state index in [0.717, 1.165) is 23.3 Å². The first-order valence-corrected chi connectivity index (χ1v) is 12.3. The van der Waals surface area contributed by atoms with Crippen LogP contribution < -0.4 is 9.80 Å². The first-order chi connectivity index (χ1) is 15.2. The number of cyclic esters (lactones) is 1. The maximum absolute atomic E-state index is 14.9. The topological polar surface area (TPSA) is 102 Å². The zero-order chi connectivity index (χ0) is 24.3. The molecule has 2 saturated heterocycles. The summed E-state index contributed by atoms with van der Waals surface area (Å²) in [6.07, 6.45) is -0.886. The van der Waals surface area contributed by atoms with Crippen LogP contribution in [0.5, 0.6) is 0 Å². The van der Waals surface area contributed by atoms with Crippen LogP contribution in [0.15, 0.2) is 12.1 Å². The lowest BCUT2D eigenvalue weighted by Gasteiger charge is -2.25. The number of fused-ring (bicyclic) bond motifs is 1. The molecule has 3 atom stereocenters. The van der Waals surface area contributed by atoms with Crippen LogP contribution in [-0.4, -0.2) is 64.7 Å². The monoisotopic (exact) mass is 488 g/mol. The molecule has 1 aromatic rings. The largest absolute Gasteiger partial charge is 0.460 e. The van der Waals surface area contributed by atoms with Gasteiger partial charge in [0.15, 0.2) is 11.6 Å². The highest BCUT2D eigenvalue weighted by molar-refractivity contribution is 7.85. The number of hydrogen-bond donors (Lipinski definition) is 0. The fourth-order valence-electron chi connectivity index (χ4n) is 4.46. The number of benzene rings is 1. The van der Waals surface area contributed by atoms with Gasteiger partial charge in [-0.15, -0.1) is 0 Å². The second kappa shape index (κ2) is 8.08. The Hall–Kier alpha value is -2.47. The standard InChI is InChI=1S/C21H26F2N2O7S/c1-21(2,3)32-19(26)17-13-8-24(9-14(13)17)18-15(22)5-11(6-16(18)23)25-7-12(31-20(25)27)10-30-33(4,28)29/h5-6,12-14,17H,7-10H2,1-4H3. The molecule has 3 aliphatic rings. The molecule has 33 heavy (non-hydrogen) atoms. The molecule has 2 heterocycles. The molecule has 3 fully saturated rings. The van der Waals surface area contributed by atoms with Crippen LogP contribution in [0.2, 0.25) is 0 Å². The summed E-state index contributed by atoms with van der Waals surface area (Å²) in [6.45, 7) is 5.53. The highest BCUT2D eigenvalue weighted by Gasteiger charge is 2.61. The van der Waals surface area contributed by atoms with Crippen LogP contribution in [0.4, 0.5) is 25.0 Å². The molecule has 12 heteroatoms. The number of esters is 1. The van der Waals surface area contributed by atoms with E-state index in [2.05, 4.69) is 4.18 Å². The number of nitrogens with zero attached hydrogens (tertiary/aromatic N) is 2. The lowest BCUT2D eigenvalue weighted by atomic mass is 10.1. The number of rotatable bonds is 6. The number of hydrogen-bond acceptors (Lipinski definition) is 8. The highest BCUT2D eigenvalue weighted by atomic mass is 32.2. The molecule has 182 valence electrons. The molecular formula is C21H26F2N2O7S. The van der Waals surface area contributed by atoms with Gasteiger partial charge in [0.2, 0.25) is 0 Å². The second-order valence-electron chi connectivity index (χ2n) is 9.65. The van der Waals surface area contributed by atoms with E-state index in [4.69, 9.17) is 9.47 Å². The van der Waals surface area contributed by atoms with Crippen molar-refractivity contribution in [2.24, 2.45) is 17.8 Å². The Balaban J connectivity index is 1.41. The Bertz CT molecular complexity index is 1050. The third kappa shape index (κ3) is 5.06. The maximum Gasteiger partial charge on any atom is 0.414 e. The summed E-state index contributed by atoms with van der Waals surface area (Å²) in [6, 6.07) is 2.07. The Labute approximate surface area is 190 Å². The predicted octanol–water partition coefficient (Wildman–Crippen LogP) is 2.29. The number of amides is 1. The van der Waals surface area contributed by atoms with Crippen molar-refractivity contribution in [1.29, 1.82) is 0 Å². The number of piperidine rings is 1. The number of halogens is 2. The summed E-state index contributed by atoms with van der Waals surface area (Å²) in [5, 5.41) is 0. The van der Waals surface area contributed by atoms with Crippen molar-refractivity contribution in [2.75, 3.05) is 42.3 Å². The lowest BCUT2D eigenvalue weighted by molar-refractivity contribution is -0.157. The second-order valence-corrected chi connectivity index (χ2v) is 11.3. The zero-order valence-corrected chi connectivity index (χ0v) is 19.5. The predicted molar refractivity (Wildman–Crippen MR) is 113 cm³/mol. The van der Waals surface area contributed by atoms with Gasteiger partial charge < -0.3 is 14.4 Å². The van der Waals surface area contributed by atoms with Gasteiger partial charge in [-0.25, -0.2) is 13.6 Å². The van der Waals surface area contributed by atoms with Crippen LogP contribution in [0, 0.1) is 29.4 Å². The van der Waals surface area contributed by atoms with Crippen LogP contribution in [-0.2, 0) is 28.6 Å². The van der Waals surface area contributed by atoms with Gasteiger partial charge in [0.1, 0.15) is 24.0 Å². The van der Waals surface area contributed by atoms with E-state index in [1.807, 2.05) is 0 Å². The summed E-state index contributed by atoms with van der Waals surface area (Å²) in [5.41, 5.74) is -0.844. The van der Waals surface area contributed by atoms with Gasteiger partial charge in [0.05, 0.1) is 24.4 Å². The summed E-state index contributed by atoms with van der Waals surface area (Å²) < 4.78 is 67.1. The van der Waals surface area contributed by atoms with Gasteiger partial charge in [-0.1, -0.05) is 0 Å². The highest BCUT2D eigenvalue weighted by Crippen LogP contribution is 2.54. The van der Waals surface area contributed by atoms with Crippen LogP contribution in [0.3, 0.4) is 0 Å². The van der Waals surface area contributed by atoms with E-state index < -0.39 is 39.6 Å². The van der Waals surface area contributed by atoms with Crippen LogP contribution >= 0.6 is 0 Å². The fraction of sp³-hybridized carbons (Fsp3) is 0.619. The van der Waals surface area contributed by atoms with E-state index in [9.17, 15) is 26.8 Å². The molecule has 0 radical (unpaired) electrons. The number of carbonyl (C=O) groups excluding carboxylic acids is 2. The normalized spacial score (nSPS) is 26.9. The van der Waals surface area contributed by atoms with E-state index in [0.29, 0.717) is 13.1 Å². The average Bonchev–Trinajstić information content (AvgIpc) is 2.97. The zero-order valence-electron chi connectivity index (χ0n) is 18.7. The van der Waals surface area contributed by atoms with E-state index in [1.165, 1.54) is 0 Å². The molecule has 0 spiro atoms. The molecule has 9 nitrogen and oxygen atoms in total. The minimum atomic E-state index is -3.72. The summed E-state index contributed by atoms with van der Waals surface area (Å²) >= 11 is 0. The van der Waals surface area contributed by atoms with Crippen LogP contribution in [0.1, 0.15) is 20.8 Å². The molecule has 2 aliphatic heterocycles. The van der Waals surface area contributed by atoms with Gasteiger partial charge >= 0.3 is 12.1 Å². The molecule has 4 rings (SSSR count). The molecule has 1 amide bonds. The van der Waals surface area contributed by atoms with Crippen molar-refractivity contribution in [3.63, 3.8) is 0 Å². The summed E-state index contributed by atoms with van der Waals surface area (Å²) in [5.74, 6) is -2.25. The minimum absolute atomic E-state index is 0.0116. The van der Waals surface area contributed by atoms with Gasteiger partial charge in [0.25, 0.3) is 10.1 Å². The van der Waals surface area contributed by atoms with E-state index in [1.54, 1.807) is 25.7 Å². The van der Waals surface area contributed by atoms with Gasteiger partial charge in [-0.2, -0.15) is 8.42 Å². The Morgan fingerprint density at radius 1 is 1.15 bits per heavy atom. The Kier molecular flexibility index (Phi) is 5.80. The van der Waals surface area contributed by atoms with Gasteiger partial charge in [-0.3, -0.25) is 13.9 Å². The first-order valence-electron chi connectivity index (χ1n) is 10.5. The van der Waals surface area contributed by atoms with Crippen molar-refractivity contribution in [3.8, 4) is 0 Å². The molecule has 1 aliphatic carbocycles. The maximum atomic E-state index is 14.9. The third-order valence-corrected chi connectivity index (χ3v) is 6.41. The Morgan fingerprint density at radius 3 is 2.24 bits per heavy atom. The molecule has 0 aromatic heterocycles. The molecule has 0 N–H and O–H groups in total. The van der Waals surface area contributed by atoms with Crippen molar-refractivity contribution >= 4 is 33.6 Å². The molecule has 0 bridgehead atoms. The number of anilines is 2. The van der Waals surface area contributed by atoms with Gasteiger partial charge in [-0.05, 0) is 32.6 Å². The summed E-state index contributed by atoms with van der Waals surface area (Å²) in [7, 11) is -3.72. The molecule has 1 aromatic carbocycles. The third-order valence-electron chi connectivity index (χ3n) is 5.84. The average molecular weight is 489 g/mol. The van der Waals surface area contributed by atoms with E-state index >= 15 is 0 Å². The van der Waals surface area contributed by atoms with Gasteiger partial charge in [0, 0.05) is 25.2 Å². The van der Waals surface area contributed by atoms with Crippen molar-refractivity contribution in [1.82, 2.24) is 0 Å².